The van der Waals surface area contributed by atoms with Gasteiger partial charge in [-0.3, -0.25) is 4.79 Å². The van der Waals surface area contributed by atoms with Crippen molar-refractivity contribution >= 4 is 16.0 Å². The second-order valence-corrected chi connectivity index (χ2v) is 11.1. The van der Waals surface area contributed by atoms with Gasteiger partial charge >= 0.3 is 28.6 Å². The molecule has 0 aliphatic carbocycles. The van der Waals surface area contributed by atoms with Crippen LogP contribution in [0.1, 0.15) is 46.5 Å². The number of carbonyl (C=O) groups is 1. The van der Waals surface area contributed by atoms with Crippen LogP contribution in [-0.4, -0.2) is 25.8 Å². The van der Waals surface area contributed by atoms with Gasteiger partial charge in [0.25, 0.3) is 5.91 Å². The average molecular weight is 628 g/mol. The van der Waals surface area contributed by atoms with Gasteiger partial charge in [0, 0.05) is 18.7 Å². The number of hydrogen-bond donors (Lipinski definition) is 0. The maximum atomic E-state index is 13.3. The first-order chi connectivity index (χ1) is 19.2. The average Bonchev–Trinajstić information content (AvgIpc) is 2.86. The van der Waals surface area contributed by atoms with Crippen molar-refractivity contribution in [2.45, 2.75) is 43.8 Å². The summed E-state index contributed by atoms with van der Waals surface area (Å²) in [6, 6.07) is 8.30. The first-order valence-corrected chi connectivity index (χ1v) is 13.4. The van der Waals surface area contributed by atoms with Crippen LogP contribution in [0, 0.1) is 5.92 Å². The molecule has 5 nitrogen and oxygen atoms in total. The minimum Gasteiger partial charge on any atom is -0.379 e. The smallest absolute Gasteiger partial charge is 0.379 e. The molecule has 228 valence electrons. The van der Waals surface area contributed by atoms with E-state index in [1.54, 1.807) is 13.8 Å². The molecule has 0 fully saturated rings. The molecule has 0 aliphatic rings. The summed E-state index contributed by atoms with van der Waals surface area (Å²) in [6.45, 7) is 2.81. The Labute approximate surface area is 234 Å². The Morgan fingerprint density at radius 1 is 0.762 bits per heavy atom. The monoisotopic (exact) mass is 627 g/mol. The fourth-order valence-corrected chi connectivity index (χ4v) is 4.81. The lowest BCUT2D eigenvalue weighted by molar-refractivity contribution is -0.143. The van der Waals surface area contributed by atoms with Gasteiger partial charge in [0.2, 0.25) is 0 Å². The summed E-state index contributed by atoms with van der Waals surface area (Å²) in [5.74, 6) is -1.80. The molecule has 3 aromatic carbocycles. The second kappa shape index (κ2) is 11.9. The predicted octanol–water partition coefficient (Wildman–Crippen LogP) is 7.81. The molecule has 42 heavy (non-hydrogen) atoms. The Bertz CT molecular complexity index is 1510. The molecular formula is C27H22F9NO4S. The second-order valence-electron chi connectivity index (χ2n) is 9.58. The number of hydrogen-bond acceptors (Lipinski definition) is 4. The van der Waals surface area contributed by atoms with Gasteiger partial charge < -0.3 is 9.08 Å². The van der Waals surface area contributed by atoms with Gasteiger partial charge in [-0.15, -0.1) is 0 Å². The van der Waals surface area contributed by atoms with E-state index in [2.05, 4.69) is 0 Å². The third-order valence-corrected chi connectivity index (χ3v) is 6.88. The van der Waals surface area contributed by atoms with Gasteiger partial charge in [-0.2, -0.15) is 47.9 Å². The van der Waals surface area contributed by atoms with Crippen molar-refractivity contribution in [3.05, 3.63) is 94.5 Å². The van der Waals surface area contributed by atoms with Gasteiger partial charge in [-0.25, -0.2) is 0 Å². The Hall–Kier alpha value is -3.75. The lowest BCUT2D eigenvalue weighted by Gasteiger charge is -2.26. The van der Waals surface area contributed by atoms with Crippen molar-refractivity contribution in [1.82, 2.24) is 4.90 Å². The maximum absolute atomic E-state index is 13.3. The molecule has 1 amide bonds. The van der Waals surface area contributed by atoms with Crippen molar-refractivity contribution in [2.75, 3.05) is 6.54 Å². The van der Waals surface area contributed by atoms with Crippen LogP contribution in [0.2, 0.25) is 0 Å². The van der Waals surface area contributed by atoms with Crippen molar-refractivity contribution < 1.29 is 56.9 Å². The fourth-order valence-electron chi connectivity index (χ4n) is 3.84. The van der Waals surface area contributed by atoms with Crippen molar-refractivity contribution in [3.8, 4) is 5.75 Å². The Kier molecular flexibility index (Phi) is 9.25. The van der Waals surface area contributed by atoms with E-state index in [4.69, 9.17) is 4.18 Å². The van der Waals surface area contributed by atoms with Crippen molar-refractivity contribution in [2.24, 2.45) is 5.92 Å². The first kappa shape index (κ1) is 32.8. The molecule has 3 rings (SSSR count). The molecule has 0 saturated heterocycles. The molecule has 0 aromatic heterocycles. The number of amides is 1. The standard InChI is InChI=1S/C27H22F9NO4S/c1-16(2)14-37(24(38)18-10-20(26(31,32)33)12-21(11-18)27(34,35)36)15-17-5-3-7-22(9-17)41-42(39,40)23-8-4-6-19(13-23)25(28,29)30/h3-13,16H,14-15H2,1-2H3. The maximum Gasteiger partial charge on any atom is 0.416 e. The van der Waals surface area contributed by atoms with Gasteiger partial charge in [0.15, 0.2) is 0 Å². The molecular weight excluding hydrogens is 605 g/mol. The van der Waals surface area contributed by atoms with E-state index >= 15 is 0 Å². The molecule has 0 unspecified atom stereocenters. The van der Waals surface area contributed by atoms with Crippen molar-refractivity contribution in [3.63, 3.8) is 0 Å². The lowest BCUT2D eigenvalue weighted by atomic mass is 10.0. The molecule has 3 aromatic rings. The quantitative estimate of drug-likeness (QED) is 0.189. The highest BCUT2D eigenvalue weighted by molar-refractivity contribution is 7.87. The zero-order valence-electron chi connectivity index (χ0n) is 21.7. The topological polar surface area (TPSA) is 63.7 Å². The number of alkyl halides is 9. The predicted molar refractivity (Wildman–Crippen MR) is 132 cm³/mol. The number of rotatable bonds is 8. The highest BCUT2D eigenvalue weighted by Gasteiger charge is 2.38. The van der Waals surface area contributed by atoms with Crippen LogP contribution < -0.4 is 4.18 Å². The highest BCUT2D eigenvalue weighted by atomic mass is 32.2. The van der Waals surface area contributed by atoms with Crippen molar-refractivity contribution in [1.29, 1.82) is 0 Å². The van der Waals surface area contributed by atoms with E-state index in [0.29, 0.717) is 24.3 Å². The van der Waals surface area contributed by atoms with Gasteiger partial charge in [-0.1, -0.05) is 32.0 Å². The zero-order valence-corrected chi connectivity index (χ0v) is 22.5. The van der Waals surface area contributed by atoms with E-state index in [0.717, 1.165) is 29.2 Å². The lowest BCUT2D eigenvalue weighted by Crippen LogP contribution is -2.34. The van der Waals surface area contributed by atoms with Crippen LogP contribution in [0.3, 0.4) is 0 Å². The minimum absolute atomic E-state index is 0.102. The van der Waals surface area contributed by atoms with Crippen LogP contribution in [-0.2, 0) is 35.2 Å². The Morgan fingerprint density at radius 2 is 1.31 bits per heavy atom. The largest absolute Gasteiger partial charge is 0.416 e. The van der Waals surface area contributed by atoms with Crippen LogP contribution in [0.15, 0.2) is 71.6 Å². The first-order valence-electron chi connectivity index (χ1n) is 12.0. The SMILES string of the molecule is CC(C)CN(Cc1cccc(OS(=O)(=O)c2cccc(C(F)(F)F)c2)c1)C(=O)c1cc(C(F)(F)F)cc(C(F)(F)F)c1. The summed E-state index contributed by atoms with van der Waals surface area (Å²) in [5.41, 5.74) is -5.26. The summed E-state index contributed by atoms with van der Waals surface area (Å²) >= 11 is 0. The zero-order chi connectivity index (χ0) is 31.7. The number of halogens is 9. The summed E-state index contributed by atoms with van der Waals surface area (Å²) < 4.78 is 149. The van der Waals surface area contributed by atoms with Crippen LogP contribution in [0.25, 0.3) is 0 Å². The normalized spacial score (nSPS) is 12.9. The molecule has 0 aliphatic heterocycles. The summed E-state index contributed by atoms with van der Waals surface area (Å²) in [6.07, 6.45) is -15.2. The Morgan fingerprint density at radius 3 is 1.83 bits per heavy atom. The molecule has 0 heterocycles. The molecule has 0 saturated carbocycles. The molecule has 0 spiro atoms. The third kappa shape index (κ3) is 8.39. The van der Waals surface area contributed by atoms with Gasteiger partial charge in [0.1, 0.15) is 10.6 Å². The summed E-state index contributed by atoms with van der Waals surface area (Å²) in [7, 11) is -4.75. The summed E-state index contributed by atoms with van der Waals surface area (Å²) in [5, 5.41) is 0. The fraction of sp³-hybridized carbons (Fsp3) is 0.296. The number of nitrogens with zero attached hydrogens (tertiary/aromatic N) is 1. The van der Waals surface area contributed by atoms with E-state index in [9.17, 15) is 52.7 Å². The number of benzene rings is 3. The van der Waals surface area contributed by atoms with E-state index in [1.807, 2.05) is 0 Å². The number of carbonyl (C=O) groups excluding carboxylic acids is 1. The minimum atomic E-state index is -5.17. The van der Waals surface area contributed by atoms with Gasteiger partial charge in [-0.05, 0) is 60.0 Å². The Balaban J connectivity index is 1.94. The van der Waals surface area contributed by atoms with Crippen LogP contribution >= 0.6 is 0 Å². The molecule has 0 N–H and O–H groups in total. The van der Waals surface area contributed by atoms with E-state index in [1.165, 1.54) is 12.1 Å². The molecule has 15 heteroatoms. The van der Waals surface area contributed by atoms with E-state index < -0.39 is 61.7 Å². The van der Waals surface area contributed by atoms with Crippen LogP contribution in [0.4, 0.5) is 39.5 Å². The van der Waals surface area contributed by atoms with E-state index in [-0.39, 0.29) is 36.4 Å². The van der Waals surface area contributed by atoms with Gasteiger partial charge in [0.05, 0.1) is 16.7 Å². The molecule has 0 radical (unpaired) electrons. The van der Waals surface area contributed by atoms with Crippen LogP contribution in [0.5, 0.6) is 5.75 Å². The molecule has 0 atom stereocenters. The highest BCUT2D eigenvalue weighted by Crippen LogP contribution is 2.37. The third-order valence-electron chi connectivity index (χ3n) is 5.64. The molecule has 0 bridgehead atoms. The summed E-state index contributed by atoms with van der Waals surface area (Å²) in [4.78, 5) is 13.4.